The summed E-state index contributed by atoms with van der Waals surface area (Å²) in [6.07, 6.45) is 3.48. The number of nitrogens with one attached hydrogen (secondary N) is 2. The second-order valence-electron chi connectivity index (χ2n) is 4.86. The molecule has 0 aromatic carbocycles. The smallest absolute Gasteiger partial charge is 0.209 e. The highest BCUT2D eigenvalue weighted by atomic mass is 32.2. The van der Waals surface area contributed by atoms with E-state index >= 15 is 0 Å². The van der Waals surface area contributed by atoms with Crippen molar-refractivity contribution in [3.05, 3.63) is 18.1 Å². The maximum Gasteiger partial charge on any atom is 0.209 e. The number of nitrogens with zero attached hydrogens (tertiary/aromatic N) is 2. The lowest BCUT2D eigenvalue weighted by Gasteiger charge is -2.25. The fourth-order valence-corrected chi connectivity index (χ4v) is 2.61. The van der Waals surface area contributed by atoms with Crippen LogP contribution in [-0.2, 0) is 16.4 Å². The van der Waals surface area contributed by atoms with E-state index < -0.39 is 15.6 Å². The predicted molar refractivity (Wildman–Crippen MR) is 72.0 cm³/mol. The van der Waals surface area contributed by atoms with Crippen molar-refractivity contribution in [1.29, 1.82) is 0 Å². The van der Waals surface area contributed by atoms with Crippen molar-refractivity contribution in [2.75, 3.05) is 18.1 Å². The Morgan fingerprint density at radius 3 is 2.56 bits per heavy atom. The third kappa shape index (κ3) is 5.42. The molecule has 0 amide bonds. The summed E-state index contributed by atoms with van der Waals surface area (Å²) >= 11 is 0. The van der Waals surface area contributed by atoms with Gasteiger partial charge in [-0.05, 0) is 20.3 Å². The Balaban J connectivity index is 2.63. The van der Waals surface area contributed by atoms with E-state index in [0.29, 0.717) is 12.4 Å². The van der Waals surface area contributed by atoms with Gasteiger partial charge in [0, 0.05) is 23.8 Å². The minimum absolute atomic E-state index is 0.445. The first kappa shape index (κ1) is 14.8. The molecule has 0 aliphatic rings. The lowest BCUT2D eigenvalue weighted by molar-refractivity contribution is 0.476. The van der Waals surface area contributed by atoms with Gasteiger partial charge in [-0.3, -0.25) is 0 Å². The highest BCUT2D eigenvalue weighted by Crippen LogP contribution is 2.08. The minimum atomic E-state index is -3.22. The van der Waals surface area contributed by atoms with Crippen LogP contribution >= 0.6 is 0 Å². The normalized spacial score (nSPS) is 12.4. The van der Waals surface area contributed by atoms with Crippen LogP contribution in [0.1, 0.15) is 26.5 Å². The molecule has 0 atom stereocenters. The molecule has 6 nitrogen and oxygen atoms in total. The van der Waals surface area contributed by atoms with Crippen molar-refractivity contribution >= 4 is 15.8 Å². The molecule has 0 aliphatic carbocycles. The topological polar surface area (TPSA) is 84.0 Å². The molecule has 0 spiro atoms. The Labute approximate surface area is 108 Å². The van der Waals surface area contributed by atoms with Crippen LogP contribution in [0.2, 0.25) is 0 Å². The maximum atomic E-state index is 11.2. The second-order valence-corrected chi connectivity index (χ2v) is 6.61. The summed E-state index contributed by atoms with van der Waals surface area (Å²) in [7, 11) is -3.22. The van der Waals surface area contributed by atoms with E-state index in [-0.39, 0.29) is 0 Å². The third-order valence-electron chi connectivity index (χ3n) is 2.26. The highest BCUT2D eigenvalue weighted by Gasteiger charge is 2.21. The fraction of sp³-hybridized carbons (Fsp3) is 0.636. The zero-order chi connectivity index (χ0) is 13.8. The Kier molecular flexibility index (Phi) is 4.64. The summed E-state index contributed by atoms with van der Waals surface area (Å²) < 4.78 is 24.9. The molecule has 0 saturated carbocycles. The lowest BCUT2D eigenvalue weighted by Crippen LogP contribution is -2.47. The monoisotopic (exact) mass is 272 g/mol. The van der Waals surface area contributed by atoms with Crippen molar-refractivity contribution in [2.24, 2.45) is 0 Å². The van der Waals surface area contributed by atoms with Gasteiger partial charge in [0.25, 0.3) is 0 Å². The van der Waals surface area contributed by atoms with Gasteiger partial charge in [-0.2, -0.15) is 0 Å². The van der Waals surface area contributed by atoms with Gasteiger partial charge in [0.2, 0.25) is 10.0 Å². The summed E-state index contributed by atoms with van der Waals surface area (Å²) in [4.78, 5) is 8.19. The van der Waals surface area contributed by atoms with Crippen LogP contribution in [0.3, 0.4) is 0 Å². The third-order valence-corrected chi connectivity index (χ3v) is 3.18. The van der Waals surface area contributed by atoms with Gasteiger partial charge < -0.3 is 5.32 Å². The first-order valence-electron chi connectivity index (χ1n) is 5.75. The number of hydrogen-bond acceptors (Lipinski definition) is 5. The van der Waals surface area contributed by atoms with E-state index in [2.05, 4.69) is 20.0 Å². The summed E-state index contributed by atoms with van der Waals surface area (Å²) in [6.45, 7) is 6.08. The summed E-state index contributed by atoms with van der Waals surface area (Å²) in [6, 6.07) is 1.86. The van der Waals surface area contributed by atoms with Gasteiger partial charge in [-0.25, -0.2) is 23.1 Å². The maximum absolute atomic E-state index is 11.2. The number of rotatable bonds is 6. The Morgan fingerprint density at radius 2 is 2.00 bits per heavy atom. The molecule has 2 N–H and O–H groups in total. The summed E-state index contributed by atoms with van der Waals surface area (Å²) in [5, 5.41) is 3.10. The summed E-state index contributed by atoms with van der Waals surface area (Å²) in [5.41, 5.74) is 0.367. The SMILES string of the molecule is CCc1cc(NCC(C)(C)NS(C)(=O)=O)ncn1. The minimum Gasteiger partial charge on any atom is -0.368 e. The van der Waals surface area contributed by atoms with Gasteiger partial charge in [0.05, 0.1) is 6.26 Å². The quantitative estimate of drug-likeness (QED) is 0.799. The number of aryl methyl sites for hydroxylation is 1. The van der Waals surface area contributed by atoms with Crippen LogP contribution in [0, 0.1) is 0 Å². The Bertz CT molecular complexity index is 500. The second kappa shape index (κ2) is 5.62. The molecular weight excluding hydrogens is 252 g/mol. The first-order valence-corrected chi connectivity index (χ1v) is 7.65. The van der Waals surface area contributed by atoms with Crippen LogP contribution < -0.4 is 10.0 Å². The molecule has 0 fully saturated rings. The average Bonchev–Trinajstić information content (AvgIpc) is 2.24. The molecule has 0 bridgehead atoms. The van der Waals surface area contributed by atoms with Gasteiger partial charge in [-0.1, -0.05) is 6.92 Å². The van der Waals surface area contributed by atoms with E-state index in [4.69, 9.17) is 0 Å². The van der Waals surface area contributed by atoms with E-state index in [1.165, 1.54) is 6.33 Å². The van der Waals surface area contributed by atoms with Gasteiger partial charge in [0.1, 0.15) is 12.1 Å². The van der Waals surface area contributed by atoms with Crippen molar-refractivity contribution in [1.82, 2.24) is 14.7 Å². The Hall–Kier alpha value is -1.21. The van der Waals surface area contributed by atoms with Crippen molar-refractivity contribution in [2.45, 2.75) is 32.7 Å². The van der Waals surface area contributed by atoms with Gasteiger partial charge in [0.15, 0.2) is 0 Å². The number of aromatic nitrogens is 2. The fourth-order valence-electron chi connectivity index (χ4n) is 1.54. The average molecular weight is 272 g/mol. The van der Waals surface area contributed by atoms with Crippen LogP contribution in [0.25, 0.3) is 0 Å². The highest BCUT2D eigenvalue weighted by molar-refractivity contribution is 7.88. The number of anilines is 1. The molecule has 7 heteroatoms. The molecule has 1 aromatic heterocycles. The van der Waals surface area contributed by atoms with Gasteiger partial charge >= 0.3 is 0 Å². The van der Waals surface area contributed by atoms with Crippen molar-refractivity contribution in [3.63, 3.8) is 0 Å². The summed E-state index contributed by atoms with van der Waals surface area (Å²) in [5.74, 6) is 0.699. The van der Waals surface area contributed by atoms with Gasteiger partial charge in [-0.15, -0.1) is 0 Å². The molecule has 0 radical (unpaired) electrons. The largest absolute Gasteiger partial charge is 0.368 e. The van der Waals surface area contributed by atoms with Crippen LogP contribution in [0.5, 0.6) is 0 Å². The van der Waals surface area contributed by atoms with Crippen LogP contribution in [0.4, 0.5) is 5.82 Å². The zero-order valence-corrected chi connectivity index (χ0v) is 12.0. The van der Waals surface area contributed by atoms with Crippen LogP contribution in [-0.4, -0.2) is 36.7 Å². The molecule has 0 aliphatic heterocycles. The van der Waals surface area contributed by atoms with E-state index in [0.717, 1.165) is 18.4 Å². The molecule has 1 rings (SSSR count). The van der Waals surface area contributed by atoms with E-state index in [1.54, 1.807) is 0 Å². The zero-order valence-electron chi connectivity index (χ0n) is 11.2. The molecule has 1 aromatic rings. The predicted octanol–water partition coefficient (Wildman–Crippen LogP) is 0.779. The van der Waals surface area contributed by atoms with E-state index in [1.807, 2.05) is 26.8 Å². The number of sulfonamides is 1. The van der Waals surface area contributed by atoms with Crippen LogP contribution in [0.15, 0.2) is 12.4 Å². The first-order chi connectivity index (χ1) is 8.22. The van der Waals surface area contributed by atoms with Crippen molar-refractivity contribution in [3.8, 4) is 0 Å². The van der Waals surface area contributed by atoms with E-state index in [9.17, 15) is 8.42 Å². The molecule has 0 saturated heterocycles. The molecule has 1 heterocycles. The molecular formula is C11H20N4O2S. The standard InChI is InChI=1S/C11H20N4O2S/c1-5-9-6-10(14-8-13-9)12-7-11(2,3)15-18(4,16)17/h6,8,15H,5,7H2,1-4H3,(H,12,13,14). The molecule has 0 unspecified atom stereocenters. The Morgan fingerprint density at radius 1 is 1.33 bits per heavy atom. The lowest BCUT2D eigenvalue weighted by atomic mass is 10.1. The number of hydrogen-bond donors (Lipinski definition) is 2. The molecule has 102 valence electrons. The van der Waals surface area contributed by atoms with Crippen molar-refractivity contribution < 1.29 is 8.42 Å². The molecule has 18 heavy (non-hydrogen) atoms.